The zero-order chi connectivity index (χ0) is 13.8. The van der Waals surface area contributed by atoms with Crippen molar-refractivity contribution in [2.75, 3.05) is 11.4 Å². The number of hydrogen-bond donors (Lipinski definition) is 0. The Kier molecular flexibility index (Phi) is 4.89. The molecule has 1 nitrogen and oxygen atoms in total. The zero-order valence-electron chi connectivity index (χ0n) is 11.2. The second-order valence-corrected chi connectivity index (χ2v) is 5.62. The molecule has 2 aromatic rings. The third-order valence-corrected chi connectivity index (χ3v) is 3.98. The number of benzene rings is 2. The molecule has 0 spiro atoms. The zero-order valence-corrected chi connectivity index (χ0v) is 13.5. The molecule has 100 valence electrons. The average Bonchev–Trinajstić information content (AvgIpc) is 2.43. The maximum atomic E-state index is 6.08. The third kappa shape index (κ3) is 3.13. The summed E-state index contributed by atoms with van der Waals surface area (Å²) in [5, 5.41) is 0. The van der Waals surface area contributed by atoms with E-state index in [0.29, 0.717) is 5.88 Å². The minimum atomic E-state index is 0.511. The van der Waals surface area contributed by atoms with Crippen molar-refractivity contribution in [2.24, 2.45) is 0 Å². The fraction of sp³-hybridized carbons (Fsp3) is 0.250. The highest BCUT2D eigenvalue weighted by molar-refractivity contribution is 9.10. The molecule has 0 atom stereocenters. The van der Waals surface area contributed by atoms with E-state index in [2.05, 4.69) is 77.1 Å². The summed E-state index contributed by atoms with van der Waals surface area (Å²) in [6, 6.07) is 14.7. The number of rotatable bonds is 4. The summed E-state index contributed by atoms with van der Waals surface area (Å²) >= 11 is 9.59. The molecule has 0 aliphatic heterocycles. The van der Waals surface area contributed by atoms with Crippen LogP contribution in [0.5, 0.6) is 0 Å². The number of aryl methyl sites for hydroxylation is 1. The fourth-order valence-electron chi connectivity index (χ4n) is 2.26. The molecule has 0 aliphatic rings. The second kappa shape index (κ2) is 6.44. The van der Waals surface area contributed by atoms with E-state index in [-0.39, 0.29) is 0 Å². The number of nitrogens with zero attached hydrogens (tertiary/aromatic N) is 1. The lowest BCUT2D eigenvalue weighted by Crippen LogP contribution is -2.18. The minimum absolute atomic E-state index is 0.511. The van der Waals surface area contributed by atoms with Gasteiger partial charge in [0.15, 0.2) is 0 Å². The average molecular weight is 339 g/mol. The molecule has 0 saturated carbocycles. The highest BCUT2D eigenvalue weighted by Gasteiger charge is 2.13. The summed E-state index contributed by atoms with van der Waals surface area (Å²) < 4.78 is 1.06. The Morgan fingerprint density at radius 2 is 1.84 bits per heavy atom. The molecule has 0 unspecified atom stereocenters. The Morgan fingerprint density at radius 3 is 2.47 bits per heavy atom. The summed E-state index contributed by atoms with van der Waals surface area (Å²) in [5.74, 6) is 0.511. The van der Waals surface area contributed by atoms with Crippen molar-refractivity contribution < 1.29 is 0 Å². The van der Waals surface area contributed by atoms with Gasteiger partial charge in [0.25, 0.3) is 0 Å². The van der Waals surface area contributed by atoms with Gasteiger partial charge in [-0.25, -0.2) is 0 Å². The first kappa shape index (κ1) is 14.4. The molecule has 0 saturated heterocycles. The smallest absolute Gasteiger partial charge is 0.0495 e. The molecule has 2 rings (SSSR count). The normalized spacial score (nSPS) is 10.5. The molecular weight excluding hydrogens is 322 g/mol. The van der Waals surface area contributed by atoms with E-state index in [1.807, 2.05) is 0 Å². The first-order valence-corrected chi connectivity index (χ1v) is 7.67. The number of para-hydroxylation sites is 1. The van der Waals surface area contributed by atoms with Gasteiger partial charge in [0.05, 0.1) is 0 Å². The maximum absolute atomic E-state index is 6.08. The predicted molar refractivity (Wildman–Crippen MR) is 87.6 cm³/mol. The van der Waals surface area contributed by atoms with E-state index < -0.39 is 0 Å². The van der Waals surface area contributed by atoms with Crippen molar-refractivity contribution in [2.45, 2.75) is 19.7 Å². The highest BCUT2D eigenvalue weighted by Crippen LogP contribution is 2.33. The van der Waals surface area contributed by atoms with Crippen LogP contribution in [0.1, 0.15) is 18.1 Å². The van der Waals surface area contributed by atoms with Crippen LogP contribution in [0.4, 0.5) is 11.4 Å². The number of halogens is 2. The van der Waals surface area contributed by atoms with Gasteiger partial charge in [-0.15, -0.1) is 11.6 Å². The minimum Gasteiger partial charge on any atom is -0.341 e. The first-order valence-electron chi connectivity index (χ1n) is 6.35. The molecule has 0 aliphatic carbocycles. The lowest BCUT2D eigenvalue weighted by molar-refractivity contribution is 1.00. The van der Waals surface area contributed by atoms with Gasteiger partial charge in [-0.05, 0) is 49.2 Å². The van der Waals surface area contributed by atoms with Gasteiger partial charge in [0, 0.05) is 28.3 Å². The Hall–Kier alpha value is -0.990. The van der Waals surface area contributed by atoms with Crippen molar-refractivity contribution in [3.05, 3.63) is 58.1 Å². The van der Waals surface area contributed by atoms with Crippen LogP contribution >= 0.6 is 27.5 Å². The standard InChI is InChI=1S/C16H17BrClN/c1-3-19(15-7-5-4-6-12(15)2)16-9-8-14(17)10-13(16)11-18/h4-10H,3,11H2,1-2H3. The van der Waals surface area contributed by atoms with Crippen molar-refractivity contribution in [3.63, 3.8) is 0 Å². The maximum Gasteiger partial charge on any atom is 0.0495 e. The summed E-state index contributed by atoms with van der Waals surface area (Å²) in [5.41, 5.74) is 4.82. The van der Waals surface area contributed by atoms with Crippen molar-refractivity contribution in [1.82, 2.24) is 0 Å². The molecule has 0 aromatic heterocycles. The molecule has 0 radical (unpaired) electrons. The summed E-state index contributed by atoms with van der Waals surface area (Å²) in [6.45, 7) is 5.21. The van der Waals surface area contributed by atoms with E-state index in [0.717, 1.165) is 16.6 Å². The SMILES string of the molecule is CCN(c1ccccc1C)c1ccc(Br)cc1CCl. The Bertz CT molecular complexity index is 568. The molecule has 3 heteroatoms. The van der Waals surface area contributed by atoms with Crippen LogP contribution in [-0.4, -0.2) is 6.54 Å². The fourth-order valence-corrected chi connectivity index (χ4v) is 2.88. The van der Waals surface area contributed by atoms with Crippen molar-refractivity contribution in [1.29, 1.82) is 0 Å². The molecule has 0 heterocycles. The van der Waals surface area contributed by atoms with Crippen molar-refractivity contribution in [3.8, 4) is 0 Å². The summed E-state index contributed by atoms with van der Waals surface area (Å²) in [7, 11) is 0. The summed E-state index contributed by atoms with van der Waals surface area (Å²) in [4.78, 5) is 2.31. The Labute approximate surface area is 128 Å². The molecule has 2 aromatic carbocycles. The van der Waals surface area contributed by atoms with E-state index in [1.54, 1.807) is 0 Å². The van der Waals surface area contributed by atoms with Crippen LogP contribution < -0.4 is 4.90 Å². The predicted octanol–water partition coefficient (Wildman–Crippen LogP) is 5.65. The van der Waals surface area contributed by atoms with Crippen LogP contribution in [0.25, 0.3) is 0 Å². The topological polar surface area (TPSA) is 3.24 Å². The van der Waals surface area contributed by atoms with Crippen LogP contribution in [0.2, 0.25) is 0 Å². The molecule has 0 amide bonds. The highest BCUT2D eigenvalue weighted by atomic mass is 79.9. The Balaban J connectivity index is 2.51. The van der Waals surface area contributed by atoms with E-state index in [1.165, 1.54) is 16.9 Å². The van der Waals surface area contributed by atoms with E-state index in [4.69, 9.17) is 11.6 Å². The lowest BCUT2D eigenvalue weighted by atomic mass is 10.1. The van der Waals surface area contributed by atoms with Gasteiger partial charge in [0.1, 0.15) is 0 Å². The number of alkyl halides is 1. The van der Waals surface area contributed by atoms with Gasteiger partial charge < -0.3 is 4.90 Å². The van der Waals surface area contributed by atoms with E-state index >= 15 is 0 Å². The van der Waals surface area contributed by atoms with Crippen LogP contribution in [-0.2, 0) is 5.88 Å². The van der Waals surface area contributed by atoms with Gasteiger partial charge >= 0.3 is 0 Å². The molecule has 19 heavy (non-hydrogen) atoms. The number of anilines is 2. The van der Waals surface area contributed by atoms with Crippen LogP contribution in [0, 0.1) is 6.92 Å². The van der Waals surface area contributed by atoms with Gasteiger partial charge in [-0.1, -0.05) is 34.1 Å². The Morgan fingerprint density at radius 1 is 1.11 bits per heavy atom. The first-order chi connectivity index (χ1) is 9.17. The van der Waals surface area contributed by atoms with Crippen LogP contribution in [0.3, 0.4) is 0 Å². The molecule has 0 N–H and O–H groups in total. The molecular formula is C16H17BrClN. The number of hydrogen-bond acceptors (Lipinski definition) is 1. The molecule has 0 bridgehead atoms. The van der Waals surface area contributed by atoms with Crippen LogP contribution in [0.15, 0.2) is 46.9 Å². The van der Waals surface area contributed by atoms with Gasteiger partial charge in [-0.3, -0.25) is 0 Å². The van der Waals surface area contributed by atoms with E-state index in [9.17, 15) is 0 Å². The monoisotopic (exact) mass is 337 g/mol. The second-order valence-electron chi connectivity index (χ2n) is 4.44. The quantitative estimate of drug-likeness (QED) is 0.651. The molecule has 0 fully saturated rings. The van der Waals surface area contributed by atoms with Gasteiger partial charge in [-0.2, -0.15) is 0 Å². The largest absolute Gasteiger partial charge is 0.341 e. The van der Waals surface area contributed by atoms with Gasteiger partial charge in [0.2, 0.25) is 0 Å². The van der Waals surface area contributed by atoms with Crippen molar-refractivity contribution >= 4 is 38.9 Å². The lowest BCUT2D eigenvalue weighted by Gasteiger charge is -2.27. The summed E-state index contributed by atoms with van der Waals surface area (Å²) in [6.07, 6.45) is 0. The third-order valence-electron chi connectivity index (χ3n) is 3.20.